The molecule has 0 N–H and O–H groups in total. The Morgan fingerprint density at radius 2 is 2.08 bits per heavy atom. The summed E-state index contributed by atoms with van der Waals surface area (Å²) in [4.78, 5) is 0. The van der Waals surface area contributed by atoms with Crippen molar-refractivity contribution >= 4 is 21.0 Å². The van der Waals surface area contributed by atoms with E-state index in [1.54, 1.807) is 0 Å². The fourth-order valence-electron chi connectivity index (χ4n) is 1.12. The molecule has 1 aliphatic rings. The lowest BCUT2D eigenvalue weighted by atomic mass is 10.2. The molecule has 3 nitrogen and oxygen atoms in total. The first kappa shape index (κ1) is 10.5. The van der Waals surface area contributed by atoms with Crippen molar-refractivity contribution in [1.82, 2.24) is 0 Å². The molecule has 1 atom stereocenters. The number of fused-ring (bicyclic) bond motifs is 1. The van der Waals surface area contributed by atoms with Gasteiger partial charge in [-0.25, -0.2) is 0 Å². The third-order valence-corrected chi connectivity index (χ3v) is 1.60. The number of hydrogen-bond acceptors (Lipinski definition) is 3. The molecule has 0 bridgehead atoms. The van der Waals surface area contributed by atoms with E-state index in [1.165, 1.54) is 5.56 Å². The van der Waals surface area contributed by atoms with Crippen LogP contribution in [0.1, 0.15) is 5.56 Å². The molecule has 1 heterocycles. The molecule has 1 aliphatic heterocycles. The van der Waals surface area contributed by atoms with Gasteiger partial charge in [-0.2, -0.15) is 0 Å². The second kappa shape index (κ2) is 5.21. The van der Waals surface area contributed by atoms with Crippen LogP contribution in [0.15, 0.2) is 24.3 Å². The lowest BCUT2D eigenvalue weighted by Gasteiger charge is -1.93. The van der Waals surface area contributed by atoms with E-state index < -0.39 is 10.3 Å². The van der Waals surface area contributed by atoms with Gasteiger partial charge in [0.1, 0.15) is 5.75 Å². The van der Waals surface area contributed by atoms with E-state index >= 15 is 0 Å². The van der Waals surface area contributed by atoms with Gasteiger partial charge in [-0.3, -0.25) is 4.21 Å². The largest absolute Gasteiger partial charge is 0.760 e. The first-order valence-electron chi connectivity index (χ1n) is 3.66. The standard InChI is InChI=1S/C8H8O.ClHO2S/c1-2-4-8-7(3-1)5-6-9-8;1-4(2)3/h1-4H,5-6H2;(H,2,3)/p-1. The van der Waals surface area contributed by atoms with E-state index in [9.17, 15) is 0 Å². The zero-order valence-corrected chi connectivity index (χ0v) is 8.31. The van der Waals surface area contributed by atoms with Gasteiger partial charge in [0.15, 0.2) is 0 Å². The molecule has 0 amide bonds. The van der Waals surface area contributed by atoms with Gasteiger partial charge < -0.3 is 9.29 Å². The Kier molecular flexibility index (Phi) is 4.21. The van der Waals surface area contributed by atoms with Crippen molar-refractivity contribution in [3.8, 4) is 5.75 Å². The molecule has 1 aromatic carbocycles. The average Bonchev–Trinajstić information content (AvgIpc) is 2.49. The summed E-state index contributed by atoms with van der Waals surface area (Å²) >= 11 is 0. The first-order chi connectivity index (χ1) is 6.20. The molecule has 0 radical (unpaired) electrons. The first-order valence-corrected chi connectivity index (χ1v) is 5.56. The molecule has 0 aliphatic carbocycles. The zero-order valence-electron chi connectivity index (χ0n) is 6.73. The summed E-state index contributed by atoms with van der Waals surface area (Å²) in [5.41, 5.74) is 1.34. The van der Waals surface area contributed by atoms with Crippen LogP contribution in [0.2, 0.25) is 0 Å². The average molecular weight is 220 g/mol. The van der Waals surface area contributed by atoms with Gasteiger partial charge in [-0.05, 0) is 22.3 Å². The molecule has 13 heavy (non-hydrogen) atoms. The van der Waals surface area contributed by atoms with Crippen molar-refractivity contribution in [1.29, 1.82) is 0 Å². The van der Waals surface area contributed by atoms with Gasteiger partial charge >= 0.3 is 0 Å². The van der Waals surface area contributed by atoms with Gasteiger partial charge in [-0.1, -0.05) is 18.2 Å². The minimum Gasteiger partial charge on any atom is -0.760 e. The lowest BCUT2D eigenvalue weighted by Crippen LogP contribution is -1.85. The van der Waals surface area contributed by atoms with Crippen LogP contribution >= 0.6 is 10.7 Å². The Hall–Kier alpha value is -0.580. The highest BCUT2D eigenvalue weighted by atomic mass is 35.7. The van der Waals surface area contributed by atoms with Crippen LogP contribution in [-0.4, -0.2) is 15.4 Å². The number of rotatable bonds is 0. The van der Waals surface area contributed by atoms with Crippen molar-refractivity contribution in [2.45, 2.75) is 6.42 Å². The Morgan fingerprint density at radius 1 is 1.46 bits per heavy atom. The number of para-hydroxylation sites is 1. The summed E-state index contributed by atoms with van der Waals surface area (Å²) in [6.45, 7) is 0.860. The Morgan fingerprint density at radius 3 is 2.69 bits per heavy atom. The van der Waals surface area contributed by atoms with Crippen molar-refractivity contribution in [2.24, 2.45) is 0 Å². The third-order valence-electron chi connectivity index (χ3n) is 1.60. The predicted molar refractivity (Wildman–Crippen MR) is 50.4 cm³/mol. The van der Waals surface area contributed by atoms with Crippen LogP contribution in [-0.2, 0) is 16.7 Å². The number of benzene rings is 1. The van der Waals surface area contributed by atoms with Gasteiger partial charge in [0.2, 0.25) is 0 Å². The summed E-state index contributed by atoms with van der Waals surface area (Å²) in [6, 6.07) is 8.18. The zero-order chi connectivity index (χ0) is 9.68. The maximum atomic E-state index is 8.77. The molecule has 2 rings (SSSR count). The molecule has 0 aromatic heterocycles. The highest BCUT2D eigenvalue weighted by Crippen LogP contribution is 2.23. The predicted octanol–water partition coefficient (Wildman–Crippen LogP) is 1.64. The second-order valence-corrected chi connectivity index (χ2v) is 3.54. The molecule has 72 valence electrons. The maximum Gasteiger partial charge on any atom is 0.122 e. The van der Waals surface area contributed by atoms with Crippen LogP contribution in [0.3, 0.4) is 0 Å². The van der Waals surface area contributed by atoms with Gasteiger partial charge in [-0.15, -0.1) is 0 Å². The van der Waals surface area contributed by atoms with Crippen LogP contribution in [0.4, 0.5) is 0 Å². The number of hydrogen-bond donors (Lipinski definition) is 0. The minimum absolute atomic E-state index is 0.860. The summed E-state index contributed by atoms with van der Waals surface area (Å²) in [7, 11) is 1.80. The van der Waals surface area contributed by atoms with E-state index in [4.69, 9.17) is 13.5 Å². The molecule has 0 saturated heterocycles. The Labute approximate surface area is 83.5 Å². The van der Waals surface area contributed by atoms with E-state index in [1.807, 2.05) is 18.2 Å². The lowest BCUT2D eigenvalue weighted by molar-refractivity contribution is 0.357. The van der Waals surface area contributed by atoms with Crippen LogP contribution < -0.4 is 4.74 Å². The fraction of sp³-hybridized carbons (Fsp3) is 0.250. The summed E-state index contributed by atoms with van der Waals surface area (Å²) in [5, 5.41) is 0. The molecular weight excluding hydrogens is 212 g/mol. The number of halogens is 1. The second-order valence-electron chi connectivity index (χ2n) is 2.40. The summed E-state index contributed by atoms with van der Waals surface area (Å²) in [6.07, 6.45) is 1.08. The number of ether oxygens (including phenoxy) is 1. The van der Waals surface area contributed by atoms with E-state index in [0.29, 0.717) is 0 Å². The van der Waals surface area contributed by atoms with E-state index in [2.05, 4.69) is 16.7 Å². The summed E-state index contributed by atoms with van der Waals surface area (Å²) < 4.78 is 22.8. The molecule has 0 saturated carbocycles. The maximum absolute atomic E-state index is 8.77. The van der Waals surface area contributed by atoms with Crippen molar-refractivity contribution < 1.29 is 13.5 Å². The van der Waals surface area contributed by atoms with Crippen LogP contribution in [0, 0.1) is 0 Å². The Bertz CT molecular complexity index is 276. The molecule has 1 aromatic rings. The smallest absolute Gasteiger partial charge is 0.122 e. The summed E-state index contributed by atoms with van der Waals surface area (Å²) in [5.74, 6) is 1.07. The Balaban J connectivity index is 0.000000184. The molecular formula is C8H8ClO3S-. The van der Waals surface area contributed by atoms with E-state index in [-0.39, 0.29) is 0 Å². The highest BCUT2D eigenvalue weighted by Gasteiger charge is 2.08. The van der Waals surface area contributed by atoms with Crippen LogP contribution in [0.5, 0.6) is 5.75 Å². The molecule has 0 fully saturated rings. The van der Waals surface area contributed by atoms with Gasteiger partial charge in [0.05, 0.1) is 6.61 Å². The molecule has 1 unspecified atom stereocenters. The van der Waals surface area contributed by atoms with Crippen molar-refractivity contribution in [3.63, 3.8) is 0 Å². The van der Waals surface area contributed by atoms with E-state index in [0.717, 1.165) is 18.8 Å². The van der Waals surface area contributed by atoms with Crippen molar-refractivity contribution in [3.05, 3.63) is 29.8 Å². The quantitative estimate of drug-likeness (QED) is 0.492. The highest BCUT2D eigenvalue weighted by molar-refractivity contribution is 8.03. The van der Waals surface area contributed by atoms with Gasteiger partial charge in [0, 0.05) is 16.7 Å². The normalized spacial score (nSPS) is 14.9. The fourth-order valence-corrected chi connectivity index (χ4v) is 1.12. The topological polar surface area (TPSA) is 49.4 Å². The molecule has 0 spiro atoms. The van der Waals surface area contributed by atoms with Gasteiger partial charge in [0.25, 0.3) is 0 Å². The molecule has 5 heteroatoms. The SMILES string of the molecule is O=S([O-])Cl.c1ccc2c(c1)CCO2. The van der Waals surface area contributed by atoms with Crippen LogP contribution in [0.25, 0.3) is 0 Å². The van der Waals surface area contributed by atoms with Crippen molar-refractivity contribution in [2.75, 3.05) is 6.61 Å². The third kappa shape index (κ3) is 3.76. The minimum atomic E-state index is -2.39. The monoisotopic (exact) mass is 219 g/mol.